The van der Waals surface area contributed by atoms with E-state index in [1.807, 2.05) is 29.2 Å². The second-order valence-corrected chi connectivity index (χ2v) is 12.3. The maximum atomic E-state index is 14.9. The molecule has 37 heavy (non-hydrogen) atoms. The molecule has 10 heteroatoms. The van der Waals surface area contributed by atoms with Crippen LogP contribution in [-0.4, -0.2) is 51.1 Å². The number of carbonyl (C=O) groups excluding carboxylic acids is 1. The molecule has 196 valence electrons. The third kappa shape index (κ3) is 5.25. The Kier molecular flexibility index (Phi) is 7.27. The lowest BCUT2D eigenvalue weighted by Gasteiger charge is -2.29. The minimum atomic E-state index is -2.98. The summed E-state index contributed by atoms with van der Waals surface area (Å²) in [7, 11) is -1.60. The van der Waals surface area contributed by atoms with Crippen LogP contribution in [0.25, 0.3) is 22.7 Å². The van der Waals surface area contributed by atoms with Gasteiger partial charge in [-0.05, 0) is 37.1 Å². The largest absolute Gasteiger partial charge is 0.469 e. The van der Waals surface area contributed by atoms with Crippen LogP contribution in [0.5, 0.6) is 0 Å². The van der Waals surface area contributed by atoms with Crippen LogP contribution in [0.4, 0.5) is 10.1 Å². The van der Waals surface area contributed by atoms with Gasteiger partial charge >= 0.3 is 5.97 Å². The average Bonchev–Trinajstić information content (AvgIpc) is 3.35. The van der Waals surface area contributed by atoms with Crippen molar-refractivity contribution in [2.45, 2.75) is 31.6 Å². The Balaban J connectivity index is 1.55. The molecule has 1 saturated carbocycles. The Morgan fingerprint density at radius 2 is 1.81 bits per heavy atom. The first-order valence-corrected chi connectivity index (χ1v) is 14.6. The summed E-state index contributed by atoms with van der Waals surface area (Å²) >= 11 is 6.02. The topological polar surface area (TPSA) is 89.7 Å². The first kappa shape index (κ1) is 25.7. The highest BCUT2D eigenvalue weighted by atomic mass is 35.5. The molecule has 0 spiro atoms. The third-order valence-electron chi connectivity index (χ3n) is 7.29. The zero-order valence-electron chi connectivity index (χ0n) is 20.5. The van der Waals surface area contributed by atoms with E-state index in [0.29, 0.717) is 31.0 Å². The fourth-order valence-electron chi connectivity index (χ4n) is 5.25. The van der Waals surface area contributed by atoms with E-state index in [0.717, 1.165) is 30.5 Å². The molecule has 1 aliphatic carbocycles. The number of oxazole rings is 1. The van der Waals surface area contributed by atoms with Crippen molar-refractivity contribution in [1.29, 1.82) is 0 Å². The summed E-state index contributed by atoms with van der Waals surface area (Å²) in [5, 5.41) is -0.0307. The normalized spacial score (nSPS) is 21.5. The van der Waals surface area contributed by atoms with E-state index in [9.17, 15) is 17.6 Å². The molecule has 0 radical (unpaired) electrons. The van der Waals surface area contributed by atoms with Crippen molar-refractivity contribution in [2.24, 2.45) is 5.92 Å². The van der Waals surface area contributed by atoms with Gasteiger partial charge in [-0.3, -0.25) is 4.79 Å². The number of aromatic nitrogens is 1. The maximum Gasteiger partial charge on any atom is 0.309 e. The summed E-state index contributed by atoms with van der Waals surface area (Å²) < 4.78 is 49.8. The Bertz CT molecular complexity index is 1390. The molecule has 3 aromatic rings. The molecular formula is C27H28ClFN2O5S. The monoisotopic (exact) mass is 546 g/mol. The first-order valence-electron chi connectivity index (χ1n) is 12.4. The number of anilines is 1. The van der Waals surface area contributed by atoms with Crippen molar-refractivity contribution in [3.8, 4) is 22.7 Å². The number of rotatable bonds is 5. The average molecular weight is 547 g/mol. The second kappa shape index (κ2) is 10.5. The van der Waals surface area contributed by atoms with Crippen molar-refractivity contribution in [3.63, 3.8) is 0 Å². The lowest BCUT2D eigenvalue weighted by atomic mass is 9.77. The first-order chi connectivity index (χ1) is 17.8. The van der Waals surface area contributed by atoms with Crippen molar-refractivity contribution in [3.05, 3.63) is 59.1 Å². The van der Waals surface area contributed by atoms with E-state index in [-0.39, 0.29) is 45.8 Å². The van der Waals surface area contributed by atoms with Gasteiger partial charge in [-0.1, -0.05) is 42.6 Å². The van der Waals surface area contributed by atoms with Crippen LogP contribution in [0, 0.1) is 11.7 Å². The van der Waals surface area contributed by atoms with Gasteiger partial charge in [0.15, 0.2) is 15.7 Å². The minimum absolute atomic E-state index is 0.0307. The maximum absolute atomic E-state index is 14.9. The van der Waals surface area contributed by atoms with Gasteiger partial charge in [0.1, 0.15) is 11.5 Å². The second-order valence-electron chi connectivity index (χ2n) is 9.54. The van der Waals surface area contributed by atoms with Gasteiger partial charge in [0.25, 0.3) is 0 Å². The number of methoxy groups -OCH3 is 1. The van der Waals surface area contributed by atoms with Crippen molar-refractivity contribution in [1.82, 2.24) is 4.98 Å². The number of carbonyl (C=O) groups is 1. The van der Waals surface area contributed by atoms with Gasteiger partial charge in [0.2, 0.25) is 5.89 Å². The molecule has 0 amide bonds. The Hall–Kier alpha value is -2.91. The summed E-state index contributed by atoms with van der Waals surface area (Å²) in [6, 6.07) is 12.3. The molecule has 2 aliphatic rings. The predicted octanol–water partition coefficient (Wildman–Crippen LogP) is 5.48. The fraction of sp³-hybridized carbons (Fsp3) is 0.407. The molecule has 2 heterocycles. The molecule has 1 aromatic heterocycles. The summed E-state index contributed by atoms with van der Waals surface area (Å²) in [5.41, 5.74) is 2.37. The lowest BCUT2D eigenvalue weighted by Crippen LogP contribution is -2.40. The molecular weight excluding hydrogens is 519 g/mol. The molecule has 0 unspecified atom stereocenters. The summed E-state index contributed by atoms with van der Waals surface area (Å²) in [6.45, 7) is 0.885. The Morgan fingerprint density at radius 3 is 2.51 bits per heavy atom. The number of nitrogens with zero attached hydrogens (tertiary/aromatic N) is 2. The van der Waals surface area contributed by atoms with Gasteiger partial charge in [-0.2, -0.15) is 0 Å². The van der Waals surface area contributed by atoms with Crippen LogP contribution in [0.3, 0.4) is 0 Å². The molecule has 1 saturated heterocycles. The van der Waals surface area contributed by atoms with Gasteiger partial charge in [-0.25, -0.2) is 17.8 Å². The summed E-state index contributed by atoms with van der Waals surface area (Å²) in [5.74, 6) is -0.653. The molecule has 2 atom stereocenters. The molecule has 1 aliphatic heterocycles. The third-order valence-corrected chi connectivity index (χ3v) is 9.19. The van der Waals surface area contributed by atoms with Crippen LogP contribution in [-0.2, 0) is 19.4 Å². The van der Waals surface area contributed by atoms with E-state index < -0.39 is 15.7 Å². The number of hydrogen-bond acceptors (Lipinski definition) is 7. The SMILES string of the molecule is COC(=O)[C@@H]1CCCC[C@H]1c1oc(-c2cccc(Cl)c2F)nc1-c1ccc(N2CCS(=O)(=O)CC2)cc1. The van der Waals surface area contributed by atoms with E-state index in [4.69, 9.17) is 25.7 Å². The highest BCUT2D eigenvalue weighted by Gasteiger charge is 2.37. The summed E-state index contributed by atoms with van der Waals surface area (Å²) in [6.07, 6.45) is 3.24. The molecule has 2 fully saturated rings. The molecule has 7 nitrogen and oxygen atoms in total. The van der Waals surface area contributed by atoms with Crippen molar-refractivity contribution in [2.75, 3.05) is 36.6 Å². The van der Waals surface area contributed by atoms with Crippen molar-refractivity contribution >= 4 is 33.1 Å². The Labute approximate surface area is 220 Å². The number of benzene rings is 2. The van der Waals surface area contributed by atoms with E-state index in [2.05, 4.69) is 0 Å². The number of hydrogen-bond donors (Lipinski definition) is 0. The lowest BCUT2D eigenvalue weighted by molar-refractivity contribution is -0.147. The highest BCUT2D eigenvalue weighted by molar-refractivity contribution is 7.91. The molecule has 0 N–H and O–H groups in total. The zero-order valence-corrected chi connectivity index (χ0v) is 22.0. The summed E-state index contributed by atoms with van der Waals surface area (Å²) in [4.78, 5) is 19.4. The van der Waals surface area contributed by atoms with Crippen molar-refractivity contribution < 1.29 is 26.8 Å². The number of ether oxygens (including phenoxy) is 1. The number of esters is 1. The van der Waals surface area contributed by atoms with Gasteiger partial charge in [-0.15, -0.1) is 0 Å². The predicted molar refractivity (Wildman–Crippen MR) is 140 cm³/mol. The zero-order chi connectivity index (χ0) is 26.2. The molecule has 0 bridgehead atoms. The minimum Gasteiger partial charge on any atom is -0.469 e. The van der Waals surface area contributed by atoms with Crippen LogP contribution in [0.15, 0.2) is 46.9 Å². The number of halogens is 2. The smallest absolute Gasteiger partial charge is 0.309 e. The van der Waals surface area contributed by atoms with E-state index in [1.165, 1.54) is 13.2 Å². The quantitative estimate of drug-likeness (QED) is 0.391. The highest BCUT2D eigenvalue weighted by Crippen LogP contribution is 2.44. The van der Waals surface area contributed by atoms with Crippen LogP contribution in [0.1, 0.15) is 37.4 Å². The van der Waals surface area contributed by atoms with Crippen LogP contribution >= 0.6 is 11.6 Å². The van der Waals surface area contributed by atoms with Gasteiger partial charge in [0.05, 0.1) is 35.1 Å². The van der Waals surface area contributed by atoms with Crippen LogP contribution < -0.4 is 4.90 Å². The van der Waals surface area contributed by atoms with E-state index >= 15 is 0 Å². The van der Waals surface area contributed by atoms with Gasteiger partial charge in [0, 0.05) is 30.3 Å². The fourth-order valence-corrected chi connectivity index (χ4v) is 6.63. The van der Waals surface area contributed by atoms with Gasteiger partial charge < -0.3 is 14.1 Å². The molecule has 2 aromatic carbocycles. The Morgan fingerprint density at radius 1 is 1.11 bits per heavy atom. The standard InChI is InChI=1S/C27H28ClFN2O5S/c1-35-27(32)20-6-3-2-5-19(20)25-24(30-26(36-25)21-7-4-8-22(28)23(21)29)17-9-11-18(12-10-17)31-13-15-37(33,34)16-14-31/h4,7-12,19-20H,2-3,5-6,13-16H2,1H3/t19-,20-/m1/s1. The van der Waals surface area contributed by atoms with Crippen LogP contribution in [0.2, 0.25) is 5.02 Å². The number of sulfone groups is 1. The molecule has 5 rings (SSSR count). The van der Waals surface area contributed by atoms with E-state index in [1.54, 1.807) is 12.1 Å².